The zero-order chi connectivity index (χ0) is 18.9. The molecule has 0 radical (unpaired) electrons. The Hall–Kier alpha value is -2.11. The van der Waals surface area contributed by atoms with Crippen LogP contribution in [-0.2, 0) is 7.05 Å². The number of aromatic nitrogens is 2. The fourth-order valence-corrected chi connectivity index (χ4v) is 6.69. The van der Waals surface area contributed by atoms with Crippen LogP contribution in [0, 0.1) is 30.1 Å². The highest BCUT2D eigenvalue weighted by atomic mass is 16.3. The van der Waals surface area contributed by atoms with Gasteiger partial charge in [-0.15, -0.1) is 0 Å². The summed E-state index contributed by atoms with van der Waals surface area (Å²) in [7, 11) is 3.52. The van der Waals surface area contributed by atoms with Gasteiger partial charge in [0.25, 0.3) is 11.5 Å². The molecule has 6 heteroatoms. The normalized spacial score (nSPS) is 31.6. The summed E-state index contributed by atoms with van der Waals surface area (Å²) in [6, 6.07) is 0. The number of carbonyl (C=O) groups excluding carboxylic acids is 1. The SMILES string of the molecule is Cc1oc2ncn(C)c(=O)c2c1C(=O)N(C)CC12CC3CC(CC(C3)C1)C2. The first-order valence-corrected chi connectivity index (χ1v) is 10.1. The molecule has 4 aliphatic carbocycles. The molecule has 144 valence electrons. The second-order valence-corrected chi connectivity index (χ2v) is 9.45. The molecule has 0 unspecified atom stereocenters. The topological polar surface area (TPSA) is 68.3 Å². The van der Waals surface area contributed by atoms with Gasteiger partial charge in [0.05, 0.1) is 5.56 Å². The van der Waals surface area contributed by atoms with Gasteiger partial charge in [-0.25, -0.2) is 4.98 Å². The van der Waals surface area contributed by atoms with Gasteiger partial charge in [0.1, 0.15) is 17.5 Å². The van der Waals surface area contributed by atoms with Gasteiger partial charge in [-0.1, -0.05) is 0 Å². The highest BCUT2D eigenvalue weighted by Crippen LogP contribution is 2.60. The van der Waals surface area contributed by atoms with Crippen LogP contribution in [0.2, 0.25) is 0 Å². The summed E-state index contributed by atoms with van der Waals surface area (Å²) in [5.74, 6) is 2.92. The molecule has 27 heavy (non-hydrogen) atoms. The summed E-state index contributed by atoms with van der Waals surface area (Å²) >= 11 is 0. The van der Waals surface area contributed by atoms with Crippen LogP contribution in [0.5, 0.6) is 0 Å². The molecule has 0 aliphatic heterocycles. The molecule has 0 atom stereocenters. The third-order valence-corrected chi connectivity index (χ3v) is 7.25. The lowest BCUT2D eigenvalue weighted by Crippen LogP contribution is -2.51. The predicted molar refractivity (Wildman–Crippen MR) is 102 cm³/mol. The van der Waals surface area contributed by atoms with E-state index in [9.17, 15) is 9.59 Å². The smallest absolute Gasteiger partial charge is 0.265 e. The number of hydrogen-bond donors (Lipinski definition) is 0. The largest absolute Gasteiger partial charge is 0.442 e. The van der Waals surface area contributed by atoms with Crippen molar-refractivity contribution >= 4 is 17.0 Å². The van der Waals surface area contributed by atoms with E-state index < -0.39 is 0 Å². The molecule has 4 saturated carbocycles. The van der Waals surface area contributed by atoms with Crippen LogP contribution >= 0.6 is 0 Å². The number of amides is 1. The second-order valence-electron chi connectivity index (χ2n) is 9.45. The number of carbonyl (C=O) groups is 1. The third-order valence-electron chi connectivity index (χ3n) is 7.25. The van der Waals surface area contributed by atoms with Crippen molar-refractivity contribution in [2.75, 3.05) is 13.6 Å². The molecule has 0 aromatic carbocycles. The fraction of sp³-hybridized carbons (Fsp3) is 0.667. The van der Waals surface area contributed by atoms with Crippen molar-refractivity contribution in [2.45, 2.75) is 45.4 Å². The summed E-state index contributed by atoms with van der Waals surface area (Å²) in [4.78, 5) is 31.9. The molecule has 4 bridgehead atoms. The van der Waals surface area contributed by atoms with E-state index in [1.165, 1.54) is 49.4 Å². The summed E-state index contributed by atoms with van der Waals surface area (Å²) in [6.45, 7) is 2.52. The summed E-state index contributed by atoms with van der Waals surface area (Å²) in [6.07, 6.45) is 9.38. The van der Waals surface area contributed by atoms with E-state index in [1.54, 1.807) is 14.0 Å². The van der Waals surface area contributed by atoms with E-state index in [4.69, 9.17) is 4.42 Å². The average molecular weight is 369 g/mol. The molecule has 6 nitrogen and oxygen atoms in total. The standard InChI is InChI=1S/C21H27N3O3/c1-12-16(17-18(27-12)22-11-24(3)20(17)26)19(25)23(2)10-21-7-13-4-14(8-21)6-15(5-13)9-21/h11,13-15H,4-10H2,1-3H3. The van der Waals surface area contributed by atoms with Crippen LogP contribution in [0.3, 0.4) is 0 Å². The number of aryl methyl sites for hydroxylation is 2. The minimum Gasteiger partial charge on any atom is -0.442 e. The lowest BCUT2D eigenvalue weighted by molar-refractivity contribution is -0.0629. The molecule has 2 heterocycles. The summed E-state index contributed by atoms with van der Waals surface area (Å²) < 4.78 is 7.02. The first-order chi connectivity index (χ1) is 12.8. The number of furan rings is 1. The Morgan fingerprint density at radius 3 is 2.44 bits per heavy atom. The molecule has 2 aromatic rings. The van der Waals surface area contributed by atoms with E-state index >= 15 is 0 Å². The molecule has 0 saturated heterocycles. The summed E-state index contributed by atoms with van der Waals surface area (Å²) in [5, 5.41) is 0.305. The predicted octanol–water partition coefficient (Wildman–Crippen LogP) is 3.12. The summed E-state index contributed by atoms with van der Waals surface area (Å²) in [5.41, 5.74) is 0.673. The maximum absolute atomic E-state index is 13.3. The lowest BCUT2D eigenvalue weighted by atomic mass is 9.49. The lowest BCUT2D eigenvalue weighted by Gasteiger charge is -2.57. The van der Waals surface area contributed by atoms with Crippen LogP contribution < -0.4 is 5.56 Å². The highest BCUT2D eigenvalue weighted by molar-refractivity contribution is 6.06. The van der Waals surface area contributed by atoms with Gasteiger partial charge in [0.2, 0.25) is 5.71 Å². The molecular formula is C21H27N3O3. The molecule has 0 spiro atoms. The van der Waals surface area contributed by atoms with Gasteiger partial charge in [0.15, 0.2) is 0 Å². The maximum atomic E-state index is 13.3. The Bertz CT molecular complexity index is 951. The van der Waals surface area contributed by atoms with Crippen molar-refractivity contribution in [3.63, 3.8) is 0 Å². The Kier molecular flexibility index (Phi) is 3.59. The molecule has 2 aromatic heterocycles. The molecule has 0 N–H and O–H groups in total. The number of fused-ring (bicyclic) bond motifs is 1. The van der Waals surface area contributed by atoms with E-state index in [0.29, 0.717) is 16.7 Å². The van der Waals surface area contributed by atoms with Gasteiger partial charge in [-0.3, -0.25) is 9.59 Å². The van der Waals surface area contributed by atoms with Gasteiger partial charge >= 0.3 is 0 Å². The van der Waals surface area contributed by atoms with Crippen molar-refractivity contribution in [3.8, 4) is 0 Å². The molecule has 4 aliphatic rings. The van der Waals surface area contributed by atoms with E-state index in [0.717, 1.165) is 24.3 Å². The molecular weight excluding hydrogens is 342 g/mol. The fourth-order valence-electron chi connectivity index (χ4n) is 6.69. The van der Waals surface area contributed by atoms with E-state index in [-0.39, 0.29) is 22.6 Å². The Balaban J connectivity index is 1.47. The number of hydrogen-bond acceptors (Lipinski definition) is 4. The quantitative estimate of drug-likeness (QED) is 0.834. The Labute approximate surface area is 158 Å². The van der Waals surface area contributed by atoms with E-state index in [1.807, 2.05) is 11.9 Å². The number of rotatable bonds is 3. The van der Waals surface area contributed by atoms with Crippen molar-refractivity contribution in [1.82, 2.24) is 14.5 Å². The maximum Gasteiger partial charge on any atom is 0.265 e. The Morgan fingerprint density at radius 2 is 1.85 bits per heavy atom. The molecule has 1 amide bonds. The van der Waals surface area contributed by atoms with Crippen molar-refractivity contribution in [1.29, 1.82) is 0 Å². The number of nitrogens with zero attached hydrogens (tertiary/aromatic N) is 3. The van der Waals surface area contributed by atoms with Crippen LogP contribution in [0.15, 0.2) is 15.5 Å². The van der Waals surface area contributed by atoms with Crippen LogP contribution in [-0.4, -0.2) is 34.0 Å². The molecule has 4 fully saturated rings. The average Bonchev–Trinajstić information content (AvgIpc) is 2.92. The van der Waals surface area contributed by atoms with E-state index in [2.05, 4.69) is 4.98 Å². The van der Waals surface area contributed by atoms with Crippen molar-refractivity contribution in [3.05, 3.63) is 28.0 Å². The molecule has 6 rings (SSSR count). The zero-order valence-electron chi connectivity index (χ0n) is 16.3. The van der Waals surface area contributed by atoms with Gasteiger partial charge in [-0.2, -0.15) is 0 Å². The minimum atomic E-state index is -0.233. The monoisotopic (exact) mass is 369 g/mol. The first kappa shape index (κ1) is 17.0. The second kappa shape index (κ2) is 5.69. The van der Waals surface area contributed by atoms with Crippen molar-refractivity contribution < 1.29 is 9.21 Å². The van der Waals surface area contributed by atoms with Crippen molar-refractivity contribution in [2.24, 2.45) is 30.2 Å². The minimum absolute atomic E-state index is 0.118. The van der Waals surface area contributed by atoms with Gasteiger partial charge in [-0.05, 0) is 68.6 Å². The van der Waals surface area contributed by atoms with Gasteiger partial charge < -0.3 is 13.9 Å². The van der Waals surface area contributed by atoms with Crippen LogP contribution in [0.25, 0.3) is 11.1 Å². The Morgan fingerprint density at radius 1 is 1.26 bits per heavy atom. The van der Waals surface area contributed by atoms with Crippen LogP contribution in [0.4, 0.5) is 0 Å². The first-order valence-electron chi connectivity index (χ1n) is 10.1. The van der Waals surface area contributed by atoms with Gasteiger partial charge in [0, 0.05) is 20.6 Å². The zero-order valence-corrected chi connectivity index (χ0v) is 16.3. The third kappa shape index (κ3) is 2.56. The van der Waals surface area contributed by atoms with Crippen LogP contribution in [0.1, 0.15) is 54.6 Å². The highest BCUT2D eigenvalue weighted by Gasteiger charge is 2.51.